The van der Waals surface area contributed by atoms with E-state index in [4.69, 9.17) is 10.00 Å². The lowest BCUT2D eigenvalue weighted by Crippen LogP contribution is -2.42. The van der Waals surface area contributed by atoms with Crippen LogP contribution in [0.2, 0.25) is 0 Å². The zero-order valence-corrected chi connectivity index (χ0v) is 17.5. The Morgan fingerprint density at radius 2 is 1.87 bits per heavy atom. The van der Waals surface area contributed by atoms with Crippen LogP contribution in [0.15, 0.2) is 72.8 Å². The van der Waals surface area contributed by atoms with Gasteiger partial charge in [0.25, 0.3) is 5.91 Å². The van der Waals surface area contributed by atoms with Gasteiger partial charge in [0.1, 0.15) is 11.9 Å². The predicted molar refractivity (Wildman–Crippen MR) is 121 cm³/mol. The van der Waals surface area contributed by atoms with E-state index in [1.807, 2.05) is 53.4 Å². The summed E-state index contributed by atoms with van der Waals surface area (Å²) in [5.41, 5.74) is 4.73. The second kappa shape index (κ2) is 9.36. The summed E-state index contributed by atoms with van der Waals surface area (Å²) < 4.78 is 5.82. The van der Waals surface area contributed by atoms with Gasteiger partial charge in [-0.25, -0.2) is 0 Å². The molecule has 1 aliphatic rings. The molecule has 0 bridgehead atoms. The van der Waals surface area contributed by atoms with Crippen molar-refractivity contribution >= 4 is 11.6 Å². The number of anilines is 1. The summed E-state index contributed by atoms with van der Waals surface area (Å²) in [4.78, 5) is 15.3. The van der Waals surface area contributed by atoms with Crippen molar-refractivity contribution in [3.63, 3.8) is 0 Å². The number of carbonyl (C=O) groups excluding carboxylic acids is 1. The standard InChI is InChI=1S/C26H25N3O2/c1-19-11-13-20(14-12-19)18-29-25(28-24-10-3-2-9-23(24)26(29)30)21-7-6-8-22(17-21)31-16-5-4-15-27/h2-3,6-14,17,25,28H,4-5,16,18H2,1H3. The summed E-state index contributed by atoms with van der Waals surface area (Å²) in [7, 11) is 0. The SMILES string of the molecule is Cc1ccc(CN2C(=O)c3ccccc3NC2c2cccc(OCCCC#N)c2)cc1. The number of rotatable bonds is 7. The first kappa shape index (κ1) is 20.5. The maximum Gasteiger partial charge on any atom is 0.258 e. The lowest BCUT2D eigenvalue weighted by Gasteiger charge is -2.38. The molecule has 156 valence electrons. The highest BCUT2D eigenvalue weighted by molar-refractivity contribution is 6.01. The van der Waals surface area contributed by atoms with Crippen molar-refractivity contribution in [1.82, 2.24) is 4.90 Å². The van der Waals surface area contributed by atoms with Crippen molar-refractivity contribution in [2.24, 2.45) is 0 Å². The van der Waals surface area contributed by atoms with Gasteiger partial charge in [0.15, 0.2) is 0 Å². The van der Waals surface area contributed by atoms with Crippen LogP contribution in [0.5, 0.6) is 5.75 Å². The maximum absolute atomic E-state index is 13.4. The third kappa shape index (κ3) is 4.70. The highest BCUT2D eigenvalue weighted by Crippen LogP contribution is 2.35. The first-order valence-electron chi connectivity index (χ1n) is 10.5. The molecule has 1 unspecified atom stereocenters. The molecule has 0 fully saturated rings. The molecule has 0 aromatic heterocycles. The zero-order chi connectivity index (χ0) is 21.6. The van der Waals surface area contributed by atoms with Crippen LogP contribution in [0.25, 0.3) is 0 Å². The molecule has 1 heterocycles. The Balaban J connectivity index is 1.64. The van der Waals surface area contributed by atoms with Gasteiger partial charge >= 0.3 is 0 Å². The summed E-state index contributed by atoms with van der Waals surface area (Å²) in [5, 5.41) is 12.2. The van der Waals surface area contributed by atoms with E-state index in [1.165, 1.54) is 5.56 Å². The second-order valence-electron chi connectivity index (χ2n) is 7.69. The number of aryl methyl sites for hydroxylation is 1. The van der Waals surface area contributed by atoms with Crippen molar-refractivity contribution in [2.45, 2.75) is 32.5 Å². The summed E-state index contributed by atoms with van der Waals surface area (Å²) in [6, 6.07) is 25.8. The van der Waals surface area contributed by atoms with Gasteiger partial charge in [-0.2, -0.15) is 5.26 Å². The minimum Gasteiger partial charge on any atom is -0.494 e. The van der Waals surface area contributed by atoms with Crippen LogP contribution in [0.1, 0.15) is 46.1 Å². The number of hydrogen-bond donors (Lipinski definition) is 1. The lowest BCUT2D eigenvalue weighted by atomic mass is 10.0. The number of hydrogen-bond acceptors (Lipinski definition) is 4. The fraction of sp³-hybridized carbons (Fsp3) is 0.231. The molecule has 1 aliphatic heterocycles. The average molecular weight is 412 g/mol. The number of nitrogens with zero attached hydrogens (tertiary/aromatic N) is 2. The van der Waals surface area contributed by atoms with Crippen LogP contribution in [0, 0.1) is 18.3 Å². The van der Waals surface area contributed by atoms with Crippen LogP contribution in [0.4, 0.5) is 5.69 Å². The van der Waals surface area contributed by atoms with Crippen molar-refractivity contribution in [3.05, 3.63) is 95.1 Å². The van der Waals surface area contributed by atoms with Crippen LogP contribution < -0.4 is 10.1 Å². The normalized spacial score (nSPS) is 15.0. The van der Waals surface area contributed by atoms with E-state index in [0.29, 0.717) is 31.6 Å². The van der Waals surface area contributed by atoms with E-state index < -0.39 is 0 Å². The molecular weight excluding hydrogens is 386 g/mol. The molecule has 5 heteroatoms. The van der Waals surface area contributed by atoms with E-state index in [9.17, 15) is 4.79 Å². The minimum atomic E-state index is -0.314. The number of unbranched alkanes of at least 4 members (excludes halogenated alkanes) is 1. The molecule has 31 heavy (non-hydrogen) atoms. The van der Waals surface area contributed by atoms with E-state index >= 15 is 0 Å². The van der Waals surface area contributed by atoms with Gasteiger partial charge in [-0.05, 0) is 48.7 Å². The molecule has 0 aliphatic carbocycles. The van der Waals surface area contributed by atoms with Crippen molar-refractivity contribution in [1.29, 1.82) is 5.26 Å². The Morgan fingerprint density at radius 3 is 2.68 bits per heavy atom. The molecule has 1 atom stereocenters. The van der Waals surface area contributed by atoms with Gasteiger partial charge in [0, 0.05) is 18.7 Å². The van der Waals surface area contributed by atoms with Gasteiger partial charge in [-0.1, -0.05) is 54.1 Å². The van der Waals surface area contributed by atoms with Crippen LogP contribution in [-0.4, -0.2) is 17.4 Å². The molecule has 0 saturated heterocycles. The maximum atomic E-state index is 13.4. The number of benzene rings is 3. The number of ether oxygens (including phenoxy) is 1. The first-order chi connectivity index (χ1) is 15.2. The van der Waals surface area contributed by atoms with Crippen LogP contribution in [0.3, 0.4) is 0 Å². The van der Waals surface area contributed by atoms with Gasteiger partial charge in [0.2, 0.25) is 0 Å². The monoisotopic (exact) mass is 411 g/mol. The molecule has 0 spiro atoms. The molecule has 5 nitrogen and oxygen atoms in total. The molecule has 4 rings (SSSR count). The van der Waals surface area contributed by atoms with Gasteiger partial charge in [0.05, 0.1) is 18.2 Å². The number of carbonyl (C=O) groups is 1. The minimum absolute atomic E-state index is 0.000247. The lowest BCUT2D eigenvalue weighted by molar-refractivity contribution is 0.0666. The third-order valence-electron chi connectivity index (χ3n) is 5.37. The van der Waals surface area contributed by atoms with Crippen molar-refractivity contribution < 1.29 is 9.53 Å². The Labute approximate surface area is 182 Å². The quantitative estimate of drug-likeness (QED) is 0.526. The molecule has 3 aromatic rings. The Kier molecular flexibility index (Phi) is 6.18. The largest absolute Gasteiger partial charge is 0.494 e. The average Bonchev–Trinajstić information content (AvgIpc) is 2.80. The summed E-state index contributed by atoms with van der Waals surface area (Å²) in [5.74, 6) is 0.735. The molecule has 3 aromatic carbocycles. The fourth-order valence-corrected chi connectivity index (χ4v) is 3.72. The summed E-state index contributed by atoms with van der Waals surface area (Å²) >= 11 is 0. The van der Waals surface area contributed by atoms with E-state index in [1.54, 1.807) is 0 Å². The fourth-order valence-electron chi connectivity index (χ4n) is 3.72. The van der Waals surface area contributed by atoms with E-state index in [2.05, 4.69) is 42.6 Å². The van der Waals surface area contributed by atoms with Gasteiger partial charge in [-0.3, -0.25) is 4.79 Å². The van der Waals surface area contributed by atoms with E-state index in [0.717, 1.165) is 22.6 Å². The molecule has 1 N–H and O–H groups in total. The molecule has 0 saturated carbocycles. The number of nitrogens with one attached hydrogen (secondary N) is 1. The zero-order valence-electron chi connectivity index (χ0n) is 17.5. The van der Waals surface area contributed by atoms with E-state index in [-0.39, 0.29) is 12.1 Å². The first-order valence-corrected chi connectivity index (χ1v) is 10.5. The molecule has 1 amide bonds. The highest BCUT2D eigenvalue weighted by atomic mass is 16.5. The Bertz CT molecular complexity index is 1100. The molecular formula is C26H25N3O2. The van der Waals surface area contributed by atoms with Crippen LogP contribution in [-0.2, 0) is 6.54 Å². The number of para-hydroxylation sites is 1. The summed E-state index contributed by atoms with van der Waals surface area (Å²) in [6.07, 6.45) is 0.846. The Hall–Kier alpha value is -3.78. The van der Waals surface area contributed by atoms with Gasteiger partial charge < -0.3 is 15.0 Å². The van der Waals surface area contributed by atoms with Crippen molar-refractivity contribution in [2.75, 3.05) is 11.9 Å². The second-order valence-corrected chi connectivity index (χ2v) is 7.69. The summed E-state index contributed by atoms with van der Waals surface area (Å²) in [6.45, 7) is 3.04. The third-order valence-corrected chi connectivity index (χ3v) is 5.37. The number of nitriles is 1. The number of fused-ring (bicyclic) bond motifs is 1. The predicted octanol–water partition coefficient (Wildman–Crippen LogP) is 5.44. The van der Waals surface area contributed by atoms with Gasteiger partial charge in [-0.15, -0.1) is 0 Å². The topological polar surface area (TPSA) is 65.4 Å². The number of amides is 1. The van der Waals surface area contributed by atoms with Crippen LogP contribution >= 0.6 is 0 Å². The van der Waals surface area contributed by atoms with Crippen molar-refractivity contribution in [3.8, 4) is 11.8 Å². The molecule has 0 radical (unpaired) electrons. The Morgan fingerprint density at radius 1 is 1.06 bits per heavy atom. The smallest absolute Gasteiger partial charge is 0.258 e. The highest BCUT2D eigenvalue weighted by Gasteiger charge is 2.33.